The molecule has 0 radical (unpaired) electrons. The first kappa shape index (κ1) is 8.30. The van der Waals surface area contributed by atoms with Crippen molar-refractivity contribution in [3.63, 3.8) is 0 Å². The fourth-order valence-corrected chi connectivity index (χ4v) is 4.38. The molecule has 0 unspecified atom stereocenters. The van der Waals surface area contributed by atoms with Crippen LogP contribution in [0, 0.1) is 5.92 Å². The van der Waals surface area contributed by atoms with Gasteiger partial charge in [0.25, 0.3) is 0 Å². The van der Waals surface area contributed by atoms with Crippen LogP contribution in [0.5, 0.6) is 0 Å². The molecular weight excluding hydrogens is 190 g/mol. The molecule has 0 bridgehead atoms. The zero-order chi connectivity index (χ0) is 5.86. The minimum atomic E-state index is -0.944. The van der Waals surface area contributed by atoms with E-state index in [1.54, 1.807) is 0 Å². The van der Waals surface area contributed by atoms with Crippen LogP contribution in [0.25, 0.3) is 0 Å². The standard InChI is InChI=1S/C4H9.Al.BrH.ClH/c1-4(2)3;;;/h4H,1H2,2-3H3;;2*1H/q;+2;;/p-2. The molecule has 0 aliphatic rings. The summed E-state index contributed by atoms with van der Waals surface area (Å²) < 4.78 is 0. The molecule has 0 atom stereocenters. The van der Waals surface area contributed by atoms with E-state index in [9.17, 15) is 0 Å². The molecule has 7 heavy (non-hydrogen) atoms. The predicted octanol–water partition coefficient (Wildman–Crippen LogP) is 2.76. The van der Waals surface area contributed by atoms with E-state index < -0.39 is 11.4 Å². The van der Waals surface area contributed by atoms with Crippen LogP contribution in [0.1, 0.15) is 13.8 Å². The Balaban J connectivity index is 2.95. The molecule has 0 aliphatic heterocycles. The predicted molar refractivity (Wildman–Crippen MR) is 40.2 cm³/mol. The summed E-state index contributed by atoms with van der Waals surface area (Å²) in [6, 6.07) is 0. The van der Waals surface area contributed by atoms with Gasteiger partial charge in [-0.25, -0.2) is 10.0 Å². The number of hydrogen-bond acceptors (Lipinski definition) is 0. The highest BCUT2D eigenvalue weighted by Gasteiger charge is 2.10. The highest BCUT2D eigenvalue weighted by Crippen LogP contribution is 2.12. The van der Waals surface area contributed by atoms with Crippen molar-refractivity contribution in [3.8, 4) is 0 Å². The lowest BCUT2D eigenvalue weighted by Gasteiger charge is -1.97. The third kappa shape index (κ3) is 7.30. The minimum Gasteiger partial charge on any atom is -0.242 e. The number of halogens is 2. The molecule has 0 aromatic rings. The van der Waals surface area contributed by atoms with Crippen LogP contribution in [0.15, 0.2) is 0 Å². The topological polar surface area (TPSA) is 0 Å². The summed E-state index contributed by atoms with van der Waals surface area (Å²) in [5.41, 5.74) is 0. The molecule has 0 heterocycles. The Morgan fingerprint density at radius 2 is 2.14 bits per heavy atom. The van der Waals surface area contributed by atoms with Gasteiger partial charge in [-0.2, -0.15) is 14.1 Å². The molecule has 0 fully saturated rings. The Morgan fingerprint density at radius 3 is 2.14 bits per heavy atom. The van der Waals surface area contributed by atoms with Crippen LogP contribution in [-0.4, -0.2) is 11.4 Å². The van der Waals surface area contributed by atoms with Crippen LogP contribution in [0.3, 0.4) is 0 Å². The van der Waals surface area contributed by atoms with Crippen molar-refractivity contribution in [1.29, 1.82) is 0 Å². The Bertz CT molecular complexity index is 41.0. The fourth-order valence-electron chi connectivity index (χ4n) is 0.356. The SMILES string of the molecule is CC(C)[CH2][Al]([Cl])[Br]. The van der Waals surface area contributed by atoms with Crippen LogP contribution >= 0.6 is 24.1 Å². The Labute approximate surface area is 60.5 Å². The molecule has 0 saturated carbocycles. The van der Waals surface area contributed by atoms with E-state index in [0.29, 0.717) is 0 Å². The Hall–Kier alpha value is 1.30. The lowest BCUT2D eigenvalue weighted by atomic mass is 10.3. The van der Waals surface area contributed by atoms with Crippen molar-refractivity contribution in [2.75, 3.05) is 0 Å². The second-order valence-electron chi connectivity index (χ2n) is 2.02. The van der Waals surface area contributed by atoms with Crippen molar-refractivity contribution in [1.82, 2.24) is 0 Å². The Morgan fingerprint density at radius 1 is 1.71 bits per heavy atom. The summed E-state index contributed by atoms with van der Waals surface area (Å²) in [5.74, 6) is 0.758. The second-order valence-corrected chi connectivity index (χ2v) is 9.75. The van der Waals surface area contributed by atoms with Gasteiger partial charge in [0.2, 0.25) is 0 Å². The first-order valence-electron chi connectivity index (χ1n) is 2.41. The maximum atomic E-state index is 5.73. The van der Waals surface area contributed by atoms with E-state index in [1.807, 2.05) is 0 Å². The van der Waals surface area contributed by atoms with E-state index in [0.717, 1.165) is 5.92 Å². The molecule has 0 amide bonds. The van der Waals surface area contributed by atoms with Crippen molar-refractivity contribution < 1.29 is 0 Å². The maximum absolute atomic E-state index is 5.73. The lowest BCUT2D eigenvalue weighted by molar-refractivity contribution is 0.733. The van der Waals surface area contributed by atoms with Gasteiger partial charge in [-0.05, 0) is 0 Å². The van der Waals surface area contributed by atoms with Crippen LogP contribution in [-0.2, 0) is 0 Å². The average molecular weight is 199 g/mol. The molecule has 0 nitrogen and oxygen atoms in total. The van der Waals surface area contributed by atoms with Gasteiger partial charge in [0.15, 0.2) is 0 Å². The summed E-state index contributed by atoms with van der Waals surface area (Å²) in [6.45, 7) is 4.37. The summed E-state index contributed by atoms with van der Waals surface area (Å²) >= 11 is 2.44. The molecule has 3 heteroatoms. The molecule has 0 spiro atoms. The largest absolute Gasteiger partial charge is 0.487 e. The second kappa shape index (κ2) is 4.21. The van der Waals surface area contributed by atoms with E-state index in [2.05, 4.69) is 27.9 Å². The molecule has 0 aliphatic carbocycles. The van der Waals surface area contributed by atoms with Crippen molar-refractivity contribution >= 4 is 35.5 Å². The van der Waals surface area contributed by atoms with E-state index in [1.165, 1.54) is 5.28 Å². The fraction of sp³-hybridized carbons (Fsp3) is 1.00. The molecule has 0 aromatic heterocycles. The first-order chi connectivity index (χ1) is 3.13. The van der Waals surface area contributed by atoms with Gasteiger partial charge in [0, 0.05) is 0 Å². The van der Waals surface area contributed by atoms with Crippen molar-refractivity contribution in [2.24, 2.45) is 5.92 Å². The maximum Gasteiger partial charge on any atom is 0.487 e. The molecule has 0 N–H and O–H groups in total. The van der Waals surface area contributed by atoms with Crippen LogP contribution in [0.4, 0.5) is 0 Å². The molecule has 42 valence electrons. The van der Waals surface area contributed by atoms with E-state index >= 15 is 0 Å². The molecule has 0 rings (SSSR count). The summed E-state index contributed by atoms with van der Waals surface area (Å²) in [5, 5.41) is 1.18. The van der Waals surface area contributed by atoms with Crippen LogP contribution < -0.4 is 0 Å². The lowest BCUT2D eigenvalue weighted by Crippen LogP contribution is -1.96. The quantitative estimate of drug-likeness (QED) is 0.600. The monoisotopic (exact) mass is 198 g/mol. The van der Waals surface area contributed by atoms with Crippen LogP contribution in [0.2, 0.25) is 5.28 Å². The minimum absolute atomic E-state index is 0.758. The van der Waals surface area contributed by atoms with Gasteiger partial charge in [-0.1, -0.05) is 25.0 Å². The zero-order valence-electron chi connectivity index (χ0n) is 4.62. The highest BCUT2D eigenvalue weighted by atomic mass is 79.9. The normalized spacial score (nSPS) is 9.86. The van der Waals surface area contributed by atoms with Crippen molar-refractivity contribution in [2.45, 2.75) is 19.1 Å². The first-order valence-corrected chi connectivity index (χ1v) is 8.15. The van der Waals surface area contributed by atoms with E-state index in [4.69, 9.17) is 10.0 Å². The van der Waals surface area contributed by atoms with Gasteiger partial charge in [-0.3, -0.25) is 0 Å². The van der Waals surface area contributed by atoms with Gasteiger partial charge in [0.1, 0.15) is 0 Å². The van der Waals surface area contributed by atoms with Gasteiger partial charge >= 0.3 is 11.4 Å². The molecular formula is C4H9AlBrCl. The summed E-state index contributed by atoms with van der Waals surface area (Å²) in [6.07, 6.45) is 0. The van der Waals surface area contributed by atoms with Gasteiger partial charge in [-0.15, -0.1) is 0 Å². The molecule has 0 saturated heterocycles. The zero-order valence-corrected chi connectivity index (χ0v) is 8.11. The van der Waals surface area contributed by atoms with E-state index in [-0.39, 0.29) is 0 Å². The summed E-state index contributed by atoms with van der Waals surface area (Å²) in [4.78, 5) is 0. The smallest absolute Gasteiger partial charge is 0.242 e. The van der Waals surface area contributed by atoms with Crippen molar-refractivity contribution in [3.05, 3.63) is 0 Å². The van der Waals surface area contributed by atoms with Gasteiger partial charge in [0.05, 0.1) is 0 Å². The number of hydrogen-bond donors (Lipinski definition) is 0. The Kier molecular flexibility index (Phi) is 4.99. The molecule has 0 aromatic carbocycles. The van der Waals surface area contributed by atoms with Gasteiger partial charge < -0.3 is 0 Å². The number of rotatable bonds is 2. The average Bonchev–Trinajstić information content (AvgIpc) is 1.27. The summed E-state index contributed by atoms with van der Waals surface area (Å²) in [7, 11) is 5.73. The highest BCUT2D eigenvalue weighted by molar-refractivity contribution is 9.26. The third-order valence-electron chi connectivity index (χ3n) is 0.650. The third-order valence-corrected chi connectivity index (χ3v) is 3.60.